The standard InChI is InChI=1S/C17H10Cl2O2/c18-15-8-7-12(11-3-1-2-4-13(11)15)14-6-5-10(17(20)21)9-16(14)19/h1-9H,(H,20,21). The zero-order valence-corrected chi connectivity index (χ0v) is 12.3. The highest BCUT2D eigenvalue weighted by Gasteiger charge is 2.12. The molecule has 0 heterocycles. The van der Waals surface area contributed by atoms with E-state index in [-0.39, 0.29) is 5.56 Å². The van der Waals surface area contributed by atoms with Crippen LogP contribution in [-0.4, -0.2) is 11.1 Å². The van der Waals surface area contributed by atoms with Crippen LogP contribution in [0.1, 0.15) is 10.4 Å². The van der Waals surface area contributed by atoms with Gasteiger partial charge in [0.25, 0.3) is 0 Å². The van der Waals surface area contributed by atoms with Gasteiger partial charge in [0.05, 0.1) is 5.56 Å². The molecule has 0 aromatic heterocycles. The molecule has 0 aliphatic carbocycles. The molecule has 3 aromatic rings. The molecule has 0 atom stereocenters. The molecule has 0 amide bonds. The number of rotatable bonds is 2. The van der Waals surface area contributed by atoms with Crippen LogP contribution in [0.3, 0.4) is 0 Å². The lowest BCUT2D eigenvalue weighted by Crippen LogP contribution is -1.96. The Morgan fingerprint density at radius 2 is 1.48 bits per heavy atom. The molecule has 0 spiro atoms. The van der Waals surface area contributed by atoms with Gasteiger partial charge in [-0.05, 0) is 29.1 Å². The first-order chi connectivity index (χ1) is 10.1. The third-order valence-electron chi connectivity index (χ3n) is 3.38. The largest absolute Gasteiger partial charge is 0.478 e. The topological polar surface area (TPSA) is 37.3 Å². The van der Waals surface area contributed by atoms with Crippen molar-refractivity contribution in [3.63, 3.8) is 0 Å². The van der Waals surface area contributed by atoms with Crippen LogP contribution in [0.5, 0.6) is 0 Å². The summed E-state index contributed by atoms with van der Waals surface area (Å²) in [4.78, 5) is 11.0. The SMILES string of the molecule is O=C(O)c1ccc(-c2ccc(Cl)c3ccccc23)c(Cl)c1. The summed E-state index contributed by atoms with van der Waals surface area (Å²) in [5.41, 5.74) is 1.88. The number of aromatic carboxylic acids is 1. The fraction of sp³-hybridized carbons (Fsp3) is 0. The van der Waals surface area contributed by atoms with E-state index in [2.05, 4.69) is 0 Å². The van der Waals surface area contributed by atoms with Gasteiger partial charge in [0.15, 0.2) is 0 Å². The Balaban J connectivity index is 2.26. The fourth-order valence-corrected chi connectivity index (χ4v) is 2.87. The van der Waals surface area contributed by atoms with Crippen LogP contribution in [0.25, 0.3) is 21.9 Å². The number of hydrogen-bond donors (Lipinski definition) is 1. The average Bonchev–Trinajstić information content (AvgIpc) is 2.48. The summed E-state index contributed by atoms with van der Waals surface area (Å²) in [7, 11) is 0. The van der Waals surface area contributed by atoms with Gasteiger partial charge < -0.3 is 5.11 Å². The maximum Gasteiger partial charge on any atom is 0.335 e. The van der Waals surface area contributed by atoms with Crippen LogP contribution in [0.15, 0.2) is 54.6 Å². The van der Waals surface area contributed by atoms with E-state index < -0.39 is 5.97 Å². The summed E-state index contributed by atoms with van der Waals surface area (Å²) in [5, 5.41) is 12.0. The van der Waals surface area contributed by atoms with E-state index in [1.165, 1.54) is 6.07 Å². The molecule has 2 nitrogen and oxygen atoms in total. The smallest absolute Gasteiger partial charge is 0.335 e. The molecule has 0 saturated carbocycles. The number of halogens is 2. The van der Waals surface area contributed by atoms with Gasteiger partial charge in [-0.1, -0.05) is 59.6 Å². The summed E-state index contributed by atoms with van der Waals surface area (Å²) in [6.07, 6.45) is 0. The fourth-order valence-electron chi connectivity index (χ4n) is 2.36. The lowest BCUT2D eigenvalue weighted by Gasteiger charge is -2.10. The number of carboxylic acids is 1. The van der Waals surface area contributed by atoms with Crippen molar-refractivity contribution in [1.82, 2.24) is 0 Å². The van der Waals surface area contributed by atoms with Crippen molar-refractivity contribution in [2.24, 2.45) is 0 Å². The number of benzene rings is 3. The van der Waals surface area contributed by atoms with Crippen molar-refractivity contribution in [2.45, 2.75) is 0 Å². The summed E-state index contributed by atoms with van der Waals surface area (Å²) >= 11 is 12.5. The molecule has 0 aliphatic heterocycles. The Bertz CT molecular complexity index is 857. The Morgan fingerprint density at radius 3 is 2.14 bits per heavy atom. The van der Waals surface area contributed by atoms with Gasteiger partial charge in [-0.25, -0.2) is 4.79 Å². The van der Waals surface area contributed by atoms with Crippen LogP contribution < -0.4 is 0 Å². The minimum Gasteiger partial charge on any atom is -0.478 e. The second-order valence-corrected chi connectivity index (χ2v) is 5.45. The monoisotopic (exact) mass is 316 g/mol. The molecular weight excluding hydrogens is 307 g/mol. The van der Waals surface area contributed by atoms with E-state index >= 15 is 0 Å². The van der Waals surface area contributed by atoms with Gasteiger partial charge in [0, 0.05) is 21.0 Å². The maximum atomic E-state index is 11.0. The van der Waals surface area contributed by atoms with Crippen LogP contribution >= 0.6 is 23.2 Å². The molecule has 21 heavy (non-hydrogen) atoms. The molecule has 0 radical (unpaired) electrons. The lowest BCUT2D eigenvalue weighted by atomic mass is 9.97. The van der Waals surface area contributed by atoms with Crippen molar-refractivity contribution in [3.8, 4) is 11.1 Å². The van der Waals surface area contributed by atoms with Crippen molar-refractivity contribution in [2.75, 3.05) is 0 Å². The molecular formula is C17H10Cl2O2. The molecule has 104 valence electrons. The molecule has 1 N–H and O–H groups in total. The molecule has 0 fully saturated rings. The second-order valence-electron chi connectivity index (χ2n) is 4.64. The van der Waals surface area contributed by atoms with Gasteiger partial charge >= 0.3 is 5.97 Å². The molecule has 3 rings (SSSR count). The van der Waals surface area contributed by atoms with Crippen molar-refractivity contribution < 1.29 is 9.90 Å². The summed E-state index contributed by atoms with van der Waals surface area (Å²) < 4.78 is 0. The van der Waals surface area contributed by atoms with E-state index in [4.69, 9.17) is 28.3 Å². The summed E-state index contributed by atoms with van der Waals surface area (Å²) in [5.74, 6) is -0.996. The third-order valence-corrected chi connectivity index (χ3v) is 4.02. The van der Waals surface area contributed by atoms with Crippen LogP contribution in [0.4, 0.5) is 0 Å². The quantitative estimate of drug-likeness (QED) is 0.676. The summed E-state index contributed by atoms with van der Waals surface area (Å²) in [6, 6.07) is 16.2. The second kappa shape index (κ2) is 5.40. The Labute approximate surface area is 131 Å². The van der Waals surface area contributed by atoms with Gasteiger partial charge in [-0.3, -0.25) is 0 Å². The van der Waals surface area contributed by atoms with Gasteiger partial charge in [-0.2, -0.15) is 0 Å². The average molecular weight is 317 g/mol. The van der Waals surface area contributed by atoms with E-state index in [1.54, 1.807) is 12.1 Å². The van der Waals surface area contributed by atoms with Crippen LogP contribution in [-0.2, 0) is 0 Å². The zero-order chi connectivity index (χ0) is 15.0. The first-order valence-electron chi connectivity index (χ1n) is 6.28. The number of fused-ring (bicyclic) bond motifs is 1. The van der Waals surface area contributed by atoms with Crippen LogP contribution in [0, 0.1) is 0 Å². The molecule has 0 bridgehead atoms. The Hall–Kier alpha value is -2.03. The van der Waals surface area contributed by atoms with E-state index in [9.17, 15) is 4.79 Å². The number of carbonyl (C=O) groups is 1. The van der Waals surface area contributed by atoms with Gasteiger partial charge in [0.2, 0.25) is 0 Å². The minimum atomic E-state index is -0.996. The highest BCUT2D eigenvalue weighted by Crippen LogP contribution is 2.36. The van der Waals surface area contributed by atoms with Crippen LogP contribution in [0.2, 0.25) is 10.0 Å². The molecule has 0 aliphatic rings. The maximum absolute atomic E-state index is 11.0. The highest BCUT2D eigenvalue weighted by molar-refractivity contribution is 6.37. The number of carboxylic acid groups (broad SMARTS) is 1. The Kier molecular flexibility index (Phi) is 3.58. The predicted molar refractivity (Wildman–Crippen MR) is 86.4 cm³/mol. The summed E-state index contributed by atoms with van der Waals surface area (Å²) in [6.45, 7) is 0. The first kappa shape index (κ1) is 13.9. The van der Waals surface area contributed by atoms with Crippen molar-refractivity contribution in [3.05, 3.63) is 70.2 Å². The van der Waals surface area contributed by atoms with Gasteiger partial charge in [0.1, 0.15) is 0 Å². The Morgan fingerprint density at radius 1 is 0.810 bits per heavy atom. The minimum absolute atomic E-state index is 0.169. The molecule has 3 aromatic carbocycles. The molecule has 0 saturated heterocycles. The highest BCUT2D eigenvalue weighted by atomic mass is 35.5. The van der Waals surface area contributed by atoms with E-state index in [0.29, 0.717) is 10.0 Å². The van der Waals surface area contributed by atoms with E-state index in [1.807, 2.05) is 36.4 Å². The van der Waals surface area contributed by atoms with Crippen molar-refractivity contribution in [1.29, 1.82) is 0 Å². The zero-order valence-electron chi connectivity index (χ0n) is 10.8. The van der Waals surface area contributed by atoms with Crippen molar-refractivity contribution >= 4 is 39.9 Å². The first-order valence-corrected chi connectivity index (χ1v) is 7.04. The van der Waals surface area contributed by atoms with Gasteiger partial charge in [-0.15, -0.1) is 0 Å². The molecule has 0 unspecified atom stereocenters. The lowest BCUT2D eigenvalue weighted by molar-refractivity contribution is 0.0697. The van der Waals surface area contributed by atoms with E-state index in [0.717, 1.165) is 21.9 Å². The number of hydrogen-bond acceptors (Lipinski definition) is 1. The molecule has 4 heteroatoms. The normalized spacial score (nSPS) is 10.8. The predicted octanol–water partition coefficient (Wildman–Crippen LogP) is 5.51. The third kappa shape index (κ3) is 2.48.